The number of carboxylic acids is 2. The van der Waals surface area contributed by atoms with Gasteiger partial charge in [0.15, 0.2) is 0 Å². The van der Waals surface area contributed by atoms with E-state index in [1.54, 1.807) is 0 Å². The summed E-state index contributed by atoms with van der Waals surface area (Å²) in [6.45, 7) is -0.507. The predicted molar refractivity (Wildman–Crippen MR) is 89.5 cm³/mol. The van der Waals surface area contributed by atoms with E-state index in [0.29, 0.717) is 13.0 Å². The molecule has 3 amide bonds. The standard InChI is InChI=1S/C15H24N4O8/c20-7-10(14(25)19-9(15(26)27)3-4-12(22)23)18-11(21)6-17-13(24)8-2-1-5-16-8/h8-10,16,20H,1-7H2,(H,17,24)(H,18,21)(H,19,25)(H,22,23)(H,26,27). The second-order valence-corrected chi connectivity index (χ2v) is 6.00. The van der Waals surface area contributed by atoms with Gasteiger partial charge in [0.1, 0.15) is 12.1 Å². The van der Waals surface area contributed by atoms with Crippen LogP contribution in [0.15, 0.2) is 0 Å². The molecule has 1 rings (SSSR count). The summed E-state index contributed by atoms with van der Waals surface area (Å²) in [5, 5.41) is 36.4. The molecule has 7 N–H and O–H groups in total. The lowest BCUT2D eigenvalue weighted by molar-refractivity contribution is -0.143. The van der Waals surface area contributed by atoms with Crippen LogP contribution in [-0.4, -0.2) is 82.8 Å². The first-order valence-electron chi connectivity index (χ1n) is 8.41. The molecule has 0 aromatic carbocycles. The summed E-state index contributed by atoms with van der Waals surface area (Å²) in [5.74, 6) is -4.74. The topological polar surface area (TPSA) is 194 Å². The highest BCUT2D eigenvalue weighted by atomic mass is 16.4. The van der Waals surface area contributed by atoms with Gasteiger partial charge in [-0.3, -0.25) is 19.2 Å². The molecule has 1 fully saturated rings. The van der Waals surface area contributed by atoms with Crippen LogP contribution in [0.3, 0.4) is 0 Å². The fourth-order valence-electron chi connectivity index (χ4n) is 2.44. The Labute approximate surface area is 154 Å². The Morgan fingerprint density at radius 2 is 1.78 bits per heavy atom. The van der Waals surface area contributed by atoms with Gasteiger partial charge in [0.2, 0.25) is 17.7 Å². The van der Waals surface area contributed by atoms with Crippen LogP contribution in [0.1, 0.15) is 25.7 Å². The largest absolute Gasteiger partial charge is 0.481 e. The maximum absolute atomic E-state index is 12.0. The zero-order chi connectivity index (χ0) is 20.4. The van der Waals surface area contributed by atoms with E-state index in [4.69, 9.17) is 10.2 Å². The number of aliphatic carboxylic acids is 2. The SMILES string of the molecule is O=C(O)CCC(NC(=O)C(CO)NC(=O)CNC(=O)C1CCCN1)C(=O)O. The van der Waals surface area contributed by atoms with E-state index in [2.05, 4.69) is 21.3 Å². The van der Waals surface area contributed by atoms with Crippen LogP contribution in [0.4, 0.5) is 0 Å². The van der Waals surface area contributed by atoms with E-state index in [1.165, 1.54) is 0 Å². The van der Waals surface area contributed by atoms with Gasteiger partial charge in [-0.05, 0) is 25.8 Å². The Hall–Kier alpha value is -2.73. The van der Waals surface area contributed by atoms with Gasteiger partial charge in [-0.15, -0.1) is 0 Å². The van der Waals surface area contributed by atoms with Crippen molar-refractivity contribution in [2.75, 3.05) is 19.7 Å². The molecule has 1 heterocycles. The summed E-state index contributed by atoms with van der Waals surface area (Å²) in [7, 11) is 0. The summed E-state index contributed by atoms with van der Waals surface area (Å²) in [5.41, 5.74) is 0. The number of nitrogens with one attached hydrogen (secondary N) is 4. The minimum absolute atomic E-state index is 0.354. The van der Waals surface area contributed by atoms with E-state index in [1.807, 2.05) is 0 Å². The fourth-order valence-corrected chi connectivity index (χ4v) is 2.44. The van der Waals surface area contributed by atoms with E-state index in [9.17, 15) is 29.1 Å². The van der Waals surface area contributed by atoms with Gasteiger partial charge in [0, 0.05) is 6.42 Å². The Morgan fingerprint density at radius 1 is 1.07 bits per heavy atom. The molecule has 1 saturated heterocycles. The van der Waals surface area contributed by atoms with Crippen LogP contribution < -0.4 is 21.3 Å². The van der Waals surface area contributed by atoms with Crippen LogP contribution in [0, 0.1) is 0 Å². The number of carbonyl (C=O) groups excluding carboxylic acids is 3. The molecule has 0 spiro atoms. The van der Waals surface area contributed by atoms with Crippen molar-refractivity contribution in [1.29, 1.82) is 0 Å². The quantitative estimate of drug-likeness (QED) is 0.190. The third-order valence-corrected chi connectivity index (χ3v) is 3.90. The molecule has 3 atom stereocenters. The number of aliphatic hydroxyl groups excluding tert-OH is 1. The van der Waals surface area contributed by atoms with Gasteiger partial charge in [-0.1, -0.05) is 0 Å². The highest BCUT2D eigenvalue weighted by Crippen LogP contribution is 2.04. The lowest BCUT2D eigenvalue weighted by atomic mass is 10.1. The molecule has 12 heteroatoms. The van der Waals surface area contributed by atoms with Crippen molar-refractivity contribution in [3.05, 3.63) is 0 Å². The first kappa shape index (κ1) is 22.3. The molecule has 0 aliphatic carbocycles. The summed E-state index contributed by atoms with van der Waals surface area (Å²) < 4.78 is 0. The Bertz CT molecular complexity index is 576. The monoisotopic (exact) mass is 388 g/mol. The van der Waals surface area contributed by atoms with Crippen LogP contribution in [0.25, 0.3) is 0 Å². The van der Waals surface area contributed by atoms with Crippen molar-refractivity contribution in [3.63, 3.8) is 0 Å². The molecule has 0 bridgehead atoms. The smallest absolute Gasteiger partial charge is 0.326 e. The fraction of sp³-hybridized carbons (Fsp3) is 0.667. The molecule has 0 aromatic heterocycles. The summed E-state index contributed by atoms with van der Waals surface area (Å²) in [6.07, 6.45) is 0.674. The molecule has 0 aromatic rings. The maximum Gasteiger partial charge on any atom is 0.326 e. The van der Waals surface area contributed by atoms with Crippen molar-refractivity contribution in [2.45, 2.75) is 43.8 Å². The number of aliphatic hydroxyl groups is 1. The highest BCUT2D eigenvalue weighted by Gasteiger charge is 2.27. The number of hydrogen-bond donors (Lipinski definition) is 7. The van der Waals surface area contributed by atoms with E-state index in [0.717, 1.165) is 6.42 Å². The third kappa shape index (κ3) is 8.00. The number of hydrogen-bond acceptors (Lipinski definition) is 7. The minimum Gasteiger partial charge on any atom is -0.481 e. The zero-order valence-electron chi connectivity index (χ0n) is 14.6. The average Bonchev–Trinajstić information content (AvgIpc) is 3.15. The van der Waals surface area contributed by atoms with Gasteiger partial charge in [-0.25, -0.2) is 4.79 Å². The molecule has 27 heavy (non-hydrogen) atoms. The number of carboxylic acid groups (broad SMARTS) is 2. The van der Waals surface area contributed by atoms with E-state index >= 15 is 0 Å². The first-order chi connectivity index (χ1) is 12.7. The van der Waals surface area contributed by atoms with Crippen molar-refractivity contribution < 1.29 is 39.3 Å². The molecule has 152 valence electrons. The number of carbonyl (C=O) groups is 5. The molecule has 3 unspecified atom stereocenters. The third-order valence-electron chi connectivity index (χ3n) is 3.90. The molecule has 0 radical (unpaired) electrons. The Kier molecular flexibility index (Phi) is 9.16. The van der Waals surface area contributed by atoms with Gasteiger partial charge in [0.05, 0.1) is 19.2 Å². The van der Waals surface area contributed by atoms with Gasteiger partial charge in [0.25, 0.3) is 0 Å². The summed E-state index contributed by atoms with van der Waals surface area (Å²) >= 11 is 0. The maximum atomic E-state index is 12.0. The predicted octanol–water partition coefficient (Wildman–Crippen LogP) is -3.23. The van der Waals surface area contributed by atoms with Crippen molar-refractivity contribution >= 4 is 29.7 Å². The first-order valence-corrected chi connectivity index (χ1v) is 8.41. The van der Waals surface area contributed by atoms with Crippen molar-refractivity contribution in [1.82, 2.24) is 21.3 Å². The van der Waals surface area contributed by atoms with Crippen LogP contribution in [0.2, 0.25) is 0 Å². The number of rotatable bonds is 11. The van der Waals surface area contributed by atoms with Crippen LogP contribution in [0.5, 0.6) is 0 Å². The molecule has 1 aliphatic rings. The van der Waals surface area contributed by atoms with Gasteiger partial charge >= 0.3 is 11.9 Å². The van der Waals surface area contributed by atoms with Crippen LogP contribution in [-0.2, 0) is 24.0 Å². The highest BCUT2D eigenvalue weighted by molar-refractivity contribution is 5.92. The molecular formula is C15H24N4O8. The molecule has 0 saturated carbocycles. The van der Waals surface area contributed by atoms with E-state index < -0.39 is 55.4 Å². The van der Waals surface area contributed by atoms with Gasteiger partial charge in [-0.2, -0.15) is 0 Å². The normalized spacial score (nSPS) is 18.2. The number of amides is 3. The van der Waals surface area contributed by atoms with Crippen LogP contribution >= 0.6 is 0 Å². The lowest BCUT2D eigenvalue weighted by Crippen LogP contribution is -2.55. The second-order valence-electron chi connectivity index (χ2n) is 6.00. The average molecular weight is 388 g/mol. The van der Waals surface area contributed by atoms with Crippen molar-refractivity contribution in [2.24, 2.45) is 0 Å². The Balaban J connectivity index is 2.48. The van der Waals surface area contributed by atoms with Gasteiger partial charge < -0.3 is 36.6 Å². The molecule has 1 aliphatic heterocycles. The van der Waals surface area contributed by atoms with Crippen molar-refractivity contribution in [3.8, 4) is 0 Å². The van der Waals surface area contributed by atoms with E-state index in [-0.39, 0.29) is 18.4 Å². The molecule has 12 nitrogen and oxygen atoms in total. The summed E-state index contributed by atoms with van der Waals surface area (Å²) in [4.78, 5) is 57.3. The lowest BCUT2D eigenvalue weighted by Gasteiger charge is -2.20. The Morgan fingerprint density at radius 3 is 2.30 bits per heavy atom. The zero-order valence-corrected chi connectivity index (χ0v) is 14.6. The second kappa shape index (κ2) is 11.1. The summed E-state index contributed by atoms with van der Waals surface area (Å²) in [6, 6.07) is -3.29. The molecular weight excluding hydrogens is 364 g/mol. The minimum atomic E-state index is -1.48.